The molecule has 0 aliphatic heterocycles. The Kier molecular flexibility index (Phi) is 9.88. The third-order valence-electron chi connectivity index (χ3n) is 8.04. The maximum Gasteiger partial charge on any atom is 0.417 e. The Bertz CT molecular complexity index is 1930. The molecule has 4 aromatic rings. The number of carbonyl (C=O) groups excluding carboxylic acids is 2. The Morgan fingerprint density at radius 2 is 1.67 bits per heavy atom. The second kappa shape index (κ2) is 13.2. The number of alkyl halides is 6. The Balaban J connectivity index is 1.74. The number of methoxy groups -OCH3 is 1. The smallest absolute Gasteiger partial charge is 0.417 e. The van der Waals surface area contributed by atoms with Crippen molar-refractivity contribution in [3.05, 3.63) is 93.0 Å². The van der Waals surface area contributed by atoms with Crippen LogP contribution >= 0.6 is 0 Å². The second-order valence-corrected chi connectivity index (χ2v) is 11.0. The summed E-state index contributed by atoms with van der Waals surface area (Å²) in [6.45, 7) is 2.12. The summed E-state index contributed by atoms with van der Waals surface area (Å²) < 4.78 is 118. The van der Waals surface area contributed by atoms with E-state index in [0.717, 1.165) is 31.7 Å². The number of benzene rings is 2. The van der Waals surface area contributed by atoms with Crippen molar-refractivity contribution >= 4 is 28.5 Å². The van der Waals surface area contributed by atoms with Gasteiger partial charge in [0.05, 0.1) is 23.8 Å². The molecule has 0 bridgehead atoms. The van der Waals surface area contributed by atoms with Crippen LogP contribution in [0.1, 0.15) is 34.1 Å². The van der Waals surface area contributed by atoms with Gasteiger partial charge in [-0.15, -0.1) is 0 Å². The van der Waals surface area contributed by atoms with Crippen LogP contribution in [0.5, 0.6) is 0 Å². The average molecular weight is 685 g/mol. The first-order valence-corrected chi connectivity index (χ1v) is 14.1. The Labute approximate surface area is 267 Å². The van der Waals surface area contributed by atoms with Gasteiger partial charge in [-0.2, -0.15) is 26.3 Å². The van der Waals surface area contributed by atoms with Crippen LogP contribution in [0.25, 0.3) is 22.0 Å². The highest BCUT2D eigenvalue weighted by Crippen LogP contribution is 2.38. The number of anilines is 1. The molecule has 0 radical (unpaired) electrons. The number of ether oxygens (including phenoxy) is 1. The first-order valence-electron chi connectivity index (χ1n) is 14.1. The number of nitrogens with zero attached hydrogens (tertiary/aromatic N) is 3. The molecule has 8 nitrogen and oxygen atoms in total. The Hall–Kier alpha value is -5.02. The number of carbonyl (C=O) groups is 2. The molecular formula is C32H28F8N4O4. The van der Waals surface area contributed by atoms with Gasteiger partial charge in [-0.1, -0.05) is 18.2 Å². The number of nitrogens with one attached hydrogen (secondary N) is 1. The monoisotopic (exact) mass is 684 g/mol. The molecule has 0 saturated heterocycles. The third kappa shape index (κ3) is 6.96. The molecule has 256 valence electrons. The minimum atomic E-state index is -4.90. The van der Waals surface area contributed by atoms with Crippen LogP contribution in [0.3, 0.4) is 0 Å². The van der Waals surface area contributed by atoms with E-state index in [1.54, 1.807) is 0 Å². The molecule has 4 rings (SSSR count). The van der Waals surface area contributed by atoms with Gasteiger partial charge in [0.15, 0.2) is 0 Å². The first kappa shape index (κ1) is 35.8. The lowest BCUT2D eigenvalue weighted by molar-refractivity contribution is -0.144. The molecule has 2 aromatic heterocycles. The normalized spacial score (nSPS) is 13.3. The molecule has 2 heterocycles. The van der Waals surface area contributed by atoms with Gasteiger partial charge >= 0.3 is 18.3 Å². The molecule has 48 heavy (non-hydrogen) atoms. The van der Waals surface area contributed by atoms with Gasteiger partial charge in [0.1, 0.15) is 29.3 Å². The predicted molar refractivity (Wildman–Crippen MR) is 159 cm³/mol. The van der Waals surface area contributed by atoms with Crippen molar-refractivity contribution in [3.63, 3.8) is 0 Å². The summed E-state index contributed by atoms with van der Waals surface area (Å²) in [6.07, 6.45) is -8.75. The SMILES string of the molecule is COC(=O)[C@H](Cc1ccc(-c2c(C(F)(F)F)cc(C)n(C)c2=O)c2ncccc12)NC(=O)c1c(F)cc(N(C)[C@H](C)C(F)(F)F)cc1F. The standard InChI is InChI=1S/C32H28F8N4O4/c1-15-11-21(32(38,39)40)25(29(46)43(15)3)20-9-8-17(19-7-6-10-41-27(19)20)12-24(30(47)48-5)42-28(45)26-22(33)13-18(14-23(26)34)44(4)16(2)31(35,36)37/h6-11,13-14,16,24H,12H2,1-5H3,(H,42,45)/t16-,24+/m1/s1. The first-order chi connectivity index (χ1) is 22.3. The maximum absolute atomic E-state index is 15.0. The number of aryl methyl sites for hydroxylation is 1. The van der Waals surface area contributed by atoms with Crippen LogP contribution in [0, 0.1) is 18.6 Å². The summed E-state index contributed by atoms with van der Waals surface area (Å²) >= 11 is 0. The van der Waals surface area contributed by atoms with Gasteiger partial charge < -0.3 is 19.5 Å². The van der Waals surface area contributed by atoms with Crippen molar-refractivity contribution < 1.29 is 49.4 Å². The largest absolute Gasteiger partial charge is 0.467 e. The summed E-state index contributed by atoms with van der Waals surface area (Å²) in [6, 6.07) is 3.61. The third-order valence-corrected chi connectivity index (χ3v) is 8.04. The molecule has 2 aromatic carbocycles. The molecule has 0 spiro atoms. The minimum Gasteiger partial charge on any atom is -0.467 e. The van der Waals surface area contributed by atoms with Crippen LogP contribution in [0.2, 0.25) is 0 Å². The second-order valence-electron chi connectivity index (χ2n) is 11.0. The van der Waals surface area contributed by atoms with Crippen molar-refractivity contribution in [2.75, 3.05) is 19.1 Å². The number of esters is 1. The van der Waals surface area contributed by atoms with Gasteiger partial charge in [-0.25, -0.2) is 13.6 Å². The van der Waals surface area contributed by atoms with Gasteiger partial charge in [0.2, 0.25) is 0 Å². The number of rotatable bonds is 8. The summed E-state index contributed by atoms with van der Waals surface area (Å²) in [5.41, 5.74) is -4.37. The number of hydrogen-bond acceptors (Lipinski definition) is 6. The number of aromatic nitrogens is 2. The molecule has 16 heteroatoms. The van der Waals surface area contributed by atoms with E-state index in [1.807, 2.05) is 0 Å². The van der Waals surface area contributed by atoms with Crippen molar-refractivity contribution in [3.8, 4) is 11.1 Å². The van der Waals surface area contributed by atoms with Gasteiger partial charge in [-0.05, 0) is 43.7 Å². The molecule has 2 atom stereocenters. The van der Waals surface area contributed by atoms with Gasteiger partial charge in [0.25, 0.3) is 11.5 Å². The van der Waals surface area contributed by atoms with Crippen molar-refractivity contribution in [1.82, 2.24) is 14.9 Å². The summed E-state index contributed by atoms with van der Waals surface area (Å²) in [7, 11) is 3.25. The van der Waals surface area contributed by atoms with E-state index in [9.17, 15) is 40.7 Å². The number of pyridine rings is 2. The predicted octanol–water partition coefficient (Wildman–Crippen LogP) is 6.11. The Morgan fingerprint density at radius 3 is 2.23 bits per heavy atom. The van der Waals surface area contributed by atoms with E-state index < -0.39 is 82.3 Å². The highest BCUT2D eigenvalue weighted by Gasteiger charge is 2.40. The number of hydrogen-bond donors (Lipinski definition) is 1. The Morgan fingerprint density at radius 1 is 1.04 bits per heavy atom. The molecule has 0 aliphatic rings. The van der Waals surface area contributed by atoms with Gasteiger partial charge in [-0.3, -0.25) is 14.6 Å². The molecule has 1 amide bonds. The lowest BCUT2D eigenvalue weighted by atomic mass is 9.93. The lowest BCUT2D eigenvalue weighted by Crippen LogP contribution is -2.44. The van der Waals surface area contributed by atoms with Crippen LogP contribution in [-0.4, -0.2) is 53.8 Å². The summed E-state index contributed by atoms with van der Waals surface area (Å²) in [5.74, 6) is -5.51. The highest BCUT2D eigenvalue weighted by molar-refractivity contribution is 5.99. The van der Waals surface area contributed by atoms with E-state index >= 15 is 8.78 Å². The number of halogens is 8. The number of fused-ring (bicyclic) bond motifs is 1. The maximum atomic E-state index is 15.0. The zero-order valence-electron chi connectivity index (χ0n) is 26.0. The fraction of sp³-hybridized carbons (Fsp3) is 0.312. The quantitative estimate of drug-likeness (QED) is 0.178. The summed E-state index contributed by atoms with van der Waals surface area (Å²) in [4.78, 5) is 43.7. The van der Waals surface area contributed by atoms with E-state index in [4.69, 9.17) is 4.74 Å². The van der Waals surface area contributed by atoms with Crippen LogP contribution < -0.4 is 15.8 Å². The molecule has 0 aliphatic carbocycles. The van der Waals surface area contributed by atoms with Crippen LogP contribution in [-0.2, 0) is 29.2 Å². The summed E-state index contributed by atoms with van der Waals surface area (Å²) in [5, 5.41) is 2.36. The van der Waals surface area contributed by atoms with E-state index in [2.05, 4.69) is 10.3 Å². The molecule has 0 unspecified atom stereocenters. The average Bonchev–Trinajstić information content (AvgIpc) is 3.01. The van der Waals surface area contributed by atoms with Crippen molar-refractivity contribution in [2.24, 2.45) is 7.05 Å². The fourth-order valence-corrected chi connectivity index (χ4v) is 5.13. The van der Waals surface area contributed by atoms with Gasteiger partial charge in [0, 0.05) is 49.0 Å². The molecule has 0 saturated carbocycles. The van der Waals surface area contributed by atoms with Crippen molar-refractivity contribution in [2.45, 2.75) is 44.7 Å². The van der Waals surface area contributed by atoms with E-state index in [-0.39, 0.29) is 27.7 Å². The molecule has 1 N–H and O–H groups in total. The van der Waals surface area contributed by atoms with E-state index in [0.29, 0.717) is 17.0 Å². The topological polar surface area (TPSA) is 93.5 Å². The molecule has 0 fully saturated rings. The highest BCUT2D eigenvalue weighted by atomic mass is 19.4. The molecular weight excluding hydrogens is 656 g/mol. The fourth-order valence-electron chi connectivity index (χ4n) is 5.13. The zero-order chi connectivity index (χ0) is 35.9. The zero-order valence-corrected chi connectivity index (χ0v) is 26.0. The number of amides is 1. The van der Waals surface area contributed by atoms with Crippen LogP contribution in [0.4, 0.5) is 40.8 Å². The van der Waals surface area contributed by atoms with Crippen LogP contribution in [0.15, 0.2) is 53.5 Å². The minimum absolute atomic E-state index is 0.0405. The van der Waals surface area contributed by atoms with Crippen molar-refractivity contribution in [1.29, 1.82) is 0 Å². The van der Waals surface area contributed by atoms with E-state index in [1.165, 1.54) is 44.4 Å². The lowest BCUT2D eigenvalue weighted by Gasteiger charge is -2.29.